The number of aromatic nitrogens is 2. The summed E-state index contributed by atoms with van der Waals surface area (Å²) in [4.78, 5) is 16.9. The second kappa shape index (κ2) is 6.50. The van der Waals surface area contributed by atoms with Gasteiger partial charge in [-0.15, -0.1) is 0 Å². The fourth-order valence-electron chi connectivity index (χ4n) is 2.95. The number of ether oxygens (including phenoxy) is 1. The minimum absolute atomic E-state index is 0.0551. The lowest BCUT2D eigenvalue weighted by atomic mass is 10.1. The van der Waals surface area contributed by atoms with E-state index in [9.17, 15) is 9.18 Å². The molecule has 0 spiro atoms. The number of carbonyl (C=O) groups excluding carboxylic acids is 1. The zero-order valence-corrected chi connectivity index (χ0v) is 13.3. The lowest BCUT2D eigenvalue weighted by Gasteiger charge is -2.24. The van der Waals surface area contributed by atoms with Crippen molar-refractivity contribution >= 4 is 5.91 Å². The van der Waals surface area contributed by atoms with Crippen molar-refractivity contribution in [3.8, 4) is 0 Å². The molecule has 6 heteroatoms. The molecule has 1 amide bonds. The van der Waals surface area contributed by atoms with Crippen LogP contribution in [0, 0.1) is 12.7 Å². The SMILES string of the molecule is COCc1cc(C(=O)N[C@H]2CCc3nc(C)cn3C2)ccc1F. The Labute approximate surface area is 134 Å². The van der Waals surface area contributed by atoms with Crippen LogP contribution in [-0.2, 0) is 24.3 Å². The van der Waals surface area contributed by atoms with E-state index in [1.165, 1.54) is 19.2 Å². The zero-order chi connectivity index (χ0) is 16.4. The number of hydrogen-bond acceptors (Lipinski definition) is 3. The standard InChI is InChI=1S/C17H20FN3O2/c1-11-8-21-9-14(4-6-16(21)19-11)20-17(22)12-3-5-15(18)13(7-12)10-23-2/h3,5,7-8,14H,4,6,9-10H2,1-2H3,(H,20,22)/t14-/m0/s1. The molecular weight excluding hydrogens is 297 g/mol. The van der Waals surface area contributed by atoms with Gasteiger partial charge in [0.1, 0.15) is 11.6 Å². The first-order valence-corrected chi connectivity index (χ1v) is 7.67. The van der Waals surface area contributed by atoms with Crippen LogP contribution in [-0.4, -0.2) is 28.6 Å². The van der Waals surface area contributed by atoms with Gasteiger partial charge in [0.05, 0.1) is 12.3 Å². The highest BCUT2D eigenvalue weighted by Crippen LogP contribution is 2.16. The Balaban J connectivity index is 1.69. The molecule has 1 aromatic heterocycles. The average Bonchev–Trinajstić information content (AvgIpc) is 2.89. The summed E-state index contributed by atoms with van der Waals surface area (Å²) in [6, 6.07) is 4.41. The Bertz CT molecular complexity index is 727. The van der Waals surface area contributed by atoms with E-state index >= 15 is 0 Å². The zero-order valence-electron chi connectivity index (χ0n) is 13.3. The quantitative estimate of drug-likeness (QED) is 0.941. The summed E-state index contributed by atoms with van der Waals surface area (Å²) >= 11 is 0. The van der Waals surface area contributed by atoms with E-state index in [0.29, 0.717) is 17.7 Å². The van der Waals surface area contributed by atoms with Crippen LogP contribution in [0.15, 0.2) is 24.4 Å². The number of rotatable bonds is 4. The van der Waals surface area contributed by atoms with Crippen LogP contribution >= 0.6 is 0 Å². The molecule has 2 aromatic rings. The van der Waals surface area contributed by atoms with Crippen LogP contribution in [0.2, 0.25) is 0 Å². The van der Waals surface area contributed by atoms with E-state index in [1.807, 2.05) is 13.1 Å². The van der Waals surface area contributed by atoms with Gasteiger partial charge >= 0.3 is 0 Å². The molecule has 0 unspecified atom stereocenters. The van der Waals surface area contributed by atoms with Gasteiger partial charge in [0.2, 0.25) is 0 Å². The molecule has 0 aliphatic carbocycles. The van der Waals surface area contributed by atoms with Crippen molar-refractivity contribution in [3.05, 3.63) is 52.9 Å². The monoisotopic (exact) mass is 317 g/mol. The number of fused-ring (bicyclic) bond motifs is 1. The van der Waals surface area contributed by atoms with E-state index in [2.05, 4.69) is 14.9 Å². The molecule has 0 bridgehead atoms. The summed E-state index contributed by atoms with van der Waals surface area (Å²) in [6.07, 6.45) is 3.70. The molecule has 0 fully saturated rings. The number of nitrogens with one attached hydrogen (secondary N) is 1. The predicted octanol–water partition coefficient (Wildman–Crippen LogP) is 2.22. The maximum absolute atomic E-state index is 13.6. The van der Waals surface area contributed by atoms with Crippen LogP contribution in [0.1, 0.15) is 33.9 Å². The van der Waals surface area contributed by atoms with E-state index in [0.717, 1.165) is 24.4 Å². The smallest absolute Gasteiger partial charge is 0.251 e. The van der Waals surface area contributed by atoms with Crippen molar-refractivity contribution in [1.82, 2.24) is 14.9 Å². The normalized spacial score (nSPS) is 16.9. The van der Waals surface area contributed by atoms with Crippen molar-refractivity contribution in [2.45, 2.75) is 39.0 Å². The maximum Gasteiger partial charge on any atom is 0.251 e. The number of nitrogens with zero attached hydrogens (tertiary/aromatic N) is 2. The molecular formula is C17H20FN3O2. The number of amides is 1. The highest BCUT2D eigenvalue weighted by atomic mass is 19.1. The number of carbonyl (C=O) groups is 1. The largest absolute Gasteiger partial charge is 0.380 e. The van der Waals surface area contributed by atoms with Gasteiger partial charge in [-0.2, -0.15) is 0 Å². The van der Waals surface area contributed by atoms with Crippen molar-refractivity contribution in [2.24, 2.45) is 0 Å². The first-order valence-electron chi connectivity index (χ1n) is 7.67. The van der Waals surface area contributed by atoms with Crippen LogP contribution in [0.4, 0.5) is 4.39 Å². The molecule has 1 atom stereocenters. The number of hydrogen-bond donors (Lipinski definition) is 1. The van der Waals surface area contributed by atoms with E-state index < -0.39 is 0 Å². The molecule has 0 saturated heterocycles. The highest BCUT2D eigenvalue weighted by Gasteiger charge is 2.22. The summed E-state index contributed by atoms with van der Waals surface area (Å²) in [6.45, 7) is 2.83. The van der Waals surface area contributed by atoms with Crippen LogP contribution in [0.3, 0.4) is 0 Å². The molecule has 1 aliphatic rings. The minimum Gasteiger partial charge on any atom is -0.380 e. The molecule has 0 saturated carbocycles. The van der Waals surface area contributed by atoms with Gasteiger partial charge in [0, 0.05) is 43.4 Å². The van der Waals surface area contributed by atoms with Crippen molar-refractivity contribution in [3.63, 3.8) is 0 Å². The molecule has 1 aliphatic heterocycles. The number of benzene rings is 1. The predicted molar refractivity (Wildman–Crippen MR) is 83.7 cm³/mol. The lowest BCUT2D eigenvalue weighted by molar-refractivity contribution is 0.0927. The fraction of sp³-hybridized carbons (Fsp3) is 0.412. The van der Waals surface area contributed by atoms with Gasteiger partial charge in [-0.1, -0.05) is 0 Å². The first-order chi connectivity index (χ1) is 11.1. The van der Waals surface area contributed by atoms with Gasteiger partial charge in [-0.25, -0.2) is 9.37 Å². The third-order valence-electron chi connectivity index (χ3n) is 4.06. The van der Waals surface area contributed by atoms with Crippen LogP contribution < -0.4 is 5.32 Å². The van der Waals surface area contributed by atoms with Gasteiger partial charge < -0.3 is 14.6 Å². The highest BCUT2D eigenvalue weighted by molar-refractivity contribution is 5.94. The third kappa shape index (κ3) is 3.42. The Morgan fingerprint density at radius 1 is 1.52 bits per heavy atom. The first kappa shape index (κ1) is 15.7. The van der Waals surface area contributed by atoms with E-state index in [4.69, 9.17) is 4.74 Å². The average molecular weight is 317 g/mol. The third-order valence-corrected chi connectivity index (χ3v) is 4.06. The summed E-state index contributed by atoms with van der Waals surface area (Å²) in [5.74, 6) is 0.518. The van der Waals surface area contributed by atoms with Crippen molar-refractivity contribution in [1.29, 1.82) is 0 Å². The lowest BCUT2D eigenvalue weighted by Crippen LogP contribution is -2.40. The van der Waals surface area contributed by atoms with Crippen LogP contribution in [0.25, 0.3) is 0 Å². The topological polar surface area (TPSA) is 56.1 Å². The number of aryl methyl sites for hydroxylation is 2. The maximum atomic E-state index is 13.6. The molecule has 23 heavy (non-hydrogen) atoms. The summed E-state index contributed by atoms with van der Waals surface area (Å²) in [5, 5.41) is 3.02. The molecule has 2 heterocycles. The molecule has 0 radical (unpaired) electrons. The molecule has 1 N–H and O–H groups in total. The number of imidazole rings is 1. The van der Waals surface area contributed by atoms with Gasteiger partial charge in [0.15, 0.2) is 0 Å². The summed E-state index contributed by atoms with van der Waals surface area (Å²) in [7, 11) is 1.50. The fourth-order valence-corrected chi connectivity index (χ4v) is 2.95. The van der Waals surface area contributed by atoms with Crippen molar-refractivity contribution < 1.29 is 13.9 Å². The molecule has 1 aromatic carbocycles. The summed E-state index contributed by atoms with van der Waals surface area (Å²) in [5.41, 5.74) is 1.83. The minimum atomic E-state index is -0.361. The Morgan fingerprint density at radius 2 is 2.35 bits per heavy atom. The second-order valence-corrected chi connectivity index (χ2v) is 5.90. The Kier molecular flexibility index (Phi) is 4.43. The summed E-state index contributed by atoms with van der Waals surface area (Å²) < 4.78 is 20.7. The van der Waals surface area contributed by atoms with Crippen LogP contribution in [0.5, 0.6) is 0 Å². The van der Waals surface area contributed by atoms with E-state index in [-0.39, 0.29) is 24.4 Å². The number of methoxy groups -OCH3 is 1. The molecule has 122 valence electrons. The van der Waals surface area contributed by atoms with Gasteiger partial charge in [-0.05, 0) is 31.5 Å². The Morgan fingerprint density at radius 3 is 3.13 bits per heavy atom. The molecule has 5 nitrogen and oxygen atoms in total. The van der Waals surface area contributed by atoms with E-state index in [1.54, 1.807) is 6.07 Å². The second-order valence-electron chi connectivity index (χ2n) is 5.90. The van der Waals surface area contributed by atoms with Gasteiger partial charge in [0.25, 0.3) is 5.91 Å². The Hall–Kier alpha value is -2.21. The van der Waals surface area contributed by atoms with Crippen molar-refractivity contribution in [2.75, 3.05) is 7.11 Å². The molecule has 3 rings (SSSR count). The number of halogens is 1. The van der Waals surface area contributed by atoms with Gasteiger partial charge in [-0.3, -0.25) is 4.79 Å².